The van der Waals surface area contributed by atoms with Crippen LogP contribution in [0.25, 0.3) is 0 Å². The fraction of sp³-hybridized carbons (Fsp3) is 0.435. The van der Waals surface area contributed by atoms with E-state index in [4.69, 9.17) is 0 Å². The lowest BCUT2D eigenvalue weighted by atomic mass is 10.0. The predicted molar refractivity (Wildman–Crippen MR) is 112 cm³/mol. The average Bonchev–Trinajstić information content (AvgIpc) is 2.67. The van der Waals surface area contributed by atoms with E-state index in [1.807, 2.05) is 30.9 Å². The Morgan fingerprint density at radius 3 is 2.29 bits per heavy atom. The van der Waals surface area contributed by atoms with Crippen molar-refractivity contribution in [3.05, 3.63) is 65.0 Å². The summed E-state index contributed by atoms with van der Waals surface area (Å²) in [6, 6.07) is 12.6. The highest BCUT2D eigenvalue weighted by atomic mass is 19.1. The predicted octanol–water partition coefficient (Wildman–Crippen LogP) is 4.96. The maximum Gasteiger partial charge on any atom is 0.322 e. The molecule has 1 aliphatic heterocycles. The second-order valence-electron chi connectivity index (χ2n) is 7.73. The summed E-state index contributed by atoms with van der Waals surface area (Å²) in [6.45, 7) is 9.74. The van der Waals surface area contributed by atoms with Crippen LogP contribution in [-0.2, 0) is 6.54 Å². The van der Waals surface area contributed by atoms with Crippen LogP contribution in [0.4, 0.5) is 14.9 Å². The van der Waals surface area contributed by atoms with Gasteiger partial charge < -0.3 is 15.1 Å². The van der Waals surface area contributed by atoms with Crippen molar-refractivity contribution in [3.63, 3.8) is 0 Å². The SMILES string of the molecule is CCN1CCC(N(Cc2ccc(F)cc2)C(=O)Nc2cc(C)cc(C)c2)CC1. The van der Waals surface area contributed by atoms with Crippen molar-refractivity contribution in [1.29, 1.82) is 0 Å². The Morgan fingerprint density at radius 2 is 1.71 bits per heavy atom. The Balaban J connectivity index is 1.78. The smallest absolute Gasteiger partial charge is 0.317 e. The normalized spacial score (nSPS) is 15.4. The third-order valence-electron chi connectivity index (χ3n) is 5.45. The minimum absolute atomic E-state index is 0.0933. The summed E-state index contributed by atoms with van der Waals surface area (Å²) in [4.78, 5) is 17.5. The number of rotatable bonds is 5. The minimum Gasteiger partial charge on any atom is -0.317 e. The number of nitrogens with one attached hydrogen (secondary N) is 1. The molecule has 0 spiro atoms. The Hall–Kier alpha value is -2.40. The number of aryl methyl sites for hydroxylation is 2. The van der Waals surface area contributed by atoms with Gasteiger partial charge in [-0.05, 0) is 74.2 Å². The molecule has 0 atom stereocenters. The van der Waals surface area contributed by atoms with E-state index in [1.165, 1.54) is 12.1 Å². The molecular formula is C23H30FN3O. The van der Waals surface area contributed by atoms with Gasteiger partial charge >= 0.3 is 6.03 Å². The van der Waals surface area contributed by atoms with E-state index in [2.05, 4.69) is 23.2 Å². The zero-order valence-corrected chi connectivity index (χ0v) is 17.0. The van der Waals surface area contributed by atoms with Gasteiger partial charge in [0.25, 0.3) is 0 Å². The highest BCUT2D eigenvalue weighted by Gasteiger charge is 2.28. The fourth-order valence-electron chi connectivity index (χ4n) is 3.94. The van der Waals surface area contributed by atoms with Crippen LogP contribution in [0, 0.1) is 19.7 Å². The molecule has 1 heterocycles. The second kappa shape index (κ2) is 9.20. The van der Waals surface area contributed by atoms with Crippen molar-refractivity contribution >= 4 is 11.7 Å². The van der Waals surface area contributed by atoms with E-state index in [0.29, 0.717) is 6.54 Å². The Kier molecular flexibility index (Phi) is 6.68. The lowest BCUT2D eigenvalue weighted by Gasteiger charge is -2.38. The molecule has 1 aliphatic rings. The molecule has 0 saturated carbocycles. The van der Waals surface area contributed by atoms with Gasteiger partial charge in [0, 0.05) is 31.4 Å². The number of urea groups is 1. The van der Waals surface area contributed by atoms with E-state index in [0.717, 1.165) is 54.9 Å². The number of halogens is 1. The number of hydrogen-bond acceptors (Lipinski definition) is 2. The standard InChI is InChI=1S/C23H30FN3O/c1-4-26-11-9-22(10-12-26)27(16-19-5-7-20(24)8-6-19)23(28)25-21-14-17(2)13-18(3)15-21/h5-8,13-15,22H,4,9-12,16H2,1-3H3,(H,25,28). The van der Waals surface area contributed by atoms with Gasteiger partial charge in [-0.15, -0.1) is 0 Å². The Bertz CT molecular complexity index is 778. The maximum atomic E-state index is 13.3. The highest BCUT2D eigenvalue weighted by Crippen LogP contribution is 2.22. The van der Waals surface area contributed by atoms with Crippen LogP contribution in [0.5, 0.6) is 0 Å². The fourth-order valence-corrected chi connectivity index (χ4v) is 3.94. The molecule has 1 N–H and O–H groups in total. The molecule has 0 aromatic heterocycles. The van der Waals surface area contributed by atoms with Crippen molar-refractivity contribution in [2.45, 2.75) is 46.2 Å². The van der Waals surface area contributed by atoms with Gasteiger partial charge in [-0.25, -0.2) is 9.18 Å². The van der Waals surface area contributed by atoms with Crippen molar-refractivity contribution in [2.24, 2.45) is 0 Å². The number of likely N-dealkylation sites (tertiary alicyclic amines) is 1. The first-order valence-electron chi connectivity index (χ1n) is 10.1. The molecule has 1 saturated heterocycles. The molecule has 0 unspecified atom stereocenters. The molecule has 2 aromatic carbocycles. The first-order chi connectivity index (χ1) is 13.4. The zero-order valence-electron chi connectivity index (χ0n) is 17.0. The summed E-state index contributed by atoms with van der Waals surface area (Å²) in [6.07, 6.45) is 1.91. The van der Waals surface area contributed by atoms with E-state index in [1.54, 1.807) is 12.1 Å². The molecule has 0 bridgehead atoms. The second-order valence-corrected chi connectivity index (χ2v) is 7.73. The molecule has 4 nitrogen and oxygen atoms in total. The van der Waals surface area contributed by atoms with Crippen LogP contribution < -0.4 is 5.32 Å². The summed E-state index contributed by atoms with van der Waals surface area (Å²) in [5, 5.41) is 3.08. The molecule has 2 amide bonds. The van der Waals surface area contributed by atoms with Crippen LogP contribution in [0.15, 0.2) is 42.5 Å². The van der Waals surface area contributed by atoms with Crippen LogP contribution >= 0.6 is 0 Å². The third kappa shape index (κ3) is 5.32. The van der Waals surface area contributed by atoms with E-state index in [-0.39, 0.29) is 17.9 Å². The number of hydrogen-bond donors (Lipinski definition) is 1. The number of carbonyl (C=O) groups is 1. The summed E-state index contributed by atoms with van der Waals surface area (Å²) >= 11 is 0. The molecule has 28 heavy (non-hydrogen) atoms. The quantitative estimate of drug-likeness (QED) is 0.792. The van der Waals surface area contributed by atoms with Gasteiger partial charge in [0.1, 0.15) is 5.82 Å². The Labute approximate surface area is 167 Å². The largest absolute Gasteiger partial charge is 0.322 e. The molecule has 150 valence electrons. The van der Waals surface area contributed by atoms with Gasteiger partial charge in [-0.2, -0.15) is 0 Å². The van der Waals surface area contributed by atoms with Crippen molar-refractivity contribution < 1.29 is 9.18 Å². The molecule has 2 aromatic rings. The van der Waals surface area contributed by atoms with Gasteiger partial charge in [-0.1, -0.05) is 25.1 Å². The topological polar surface area (TPSA) is 35.6 Å². The number of nitrogens with zero attached hydrogens (tertiary/aromatic N) is 2. The Morgan fingerprint density at radius 1 is 1.11 bits per heavy atom. The lowest BCUT2D eigenvalue weighted by molar-refractivity contribution is 0.126. The first-order valence-corrected chi connectivity index (χ1v) is 10.1. The van der Waals surface area contributed by atoms with E-state index >= 15 is 0 Å². The van der Waals surface area contributed by atoms with Gasteiger partial charge in [0.2, 0.25) is 0 Å². The summed E-state index contributed by atoms with van der Waals surface area (Å²) in [5.74, 6) is -0.258. The van der Waals surface area contributed by atoms with E-state index < -0.39 is 0 Å². The monoisotopic (exact) mass is 383 g/mol. The summed E-state index contributed by atoms with van der Waals surface area (Å²) < 4.78 is 13.3. The van der Waals surface area contributed by atoms with Crippen LogP contribution in [0.1, 0.15) is 36.5 Å². The highest BCUT2D eigenvalue weighted by molar-refractivity contribution is 5.89. The maximum absolute atomic E-state index is 13.3. The molecule has 5 heteroatoms. The van der Waals surface area contributed by atoms with Crippen LogP contribution in [0.2, 0.25) is 0 Å². The zero-order chi connectivity index (χ0) is 20.1. The molecule has 3 rings (SSSR count). The van der Waals surface area contributed by atoms with Gasteiger partial charge in [0.15, 0.2) is 0 Å². The number of piperidine rings is 1. The first kappa shape index (κ1) is 20.3. The number of anilines is 1. The number of carbonyl (C=O) groups excluding carboxylic acids is 1. The van der Waals surface area contributed by atoms with Crippen molar-refractivity contribution in [2.75, 3.05) is 25.0 Å². The van der Waals surface area contributed by atoms with Crippen molar-refractivity contribution in [1.82, 2.24) is 9.80 Å². The summed E-state index contributed by atoms with van der Waals surface area (Å²) in [7, 11) is 0. The number of amides is 2. The molecule has 1 fully saturated rings. The average molecular weight is 384 g/mol. The molecule has 0 aliphatic carbocycles. The van der Waals surface area contributed by atoms with Gasteiger partial charge in [0.05, 0.1) is 0 Å². The van der Waals surface area contributed by atoms with Crippen LogP contribution in [0.3, 0.4) is 0 Å². The minimum atomic E-state index is -0.258. The van der Waals surface area contributed by atoms with Crippen LogP contribution in [-0.4, -0.2) is 41.5 Å². The van der Waals surface area contributed by atoms with E-state index in [9.17, 15) is 9.18 Å². The lowest BCUT2D eigenvalue weighted by Crippen LogP contribution is -2.48. The molecular weight excluding hydrogens is 353 g/mol. The third-order valence-corrected chi connectivity index (χ3v) is 5.45. The molecule has 0 radical (unpaired) electrons. The van der Waals surface area contributed by atoms with Crippen molar-refractivity contribution in [3.8, 4) is 0 Å². The number of benzene rings is 2. The summed E-state index contributed by atoms with van der Waals surface area (Å²) in [5.41, 5.74) is 4.00. The van der Waals surface area contributed by atoms with Gasteiger partial charge in [-0.3, -0.25) is 0 Å².